The Hall–Kier alpha value is -1.45. The third-order valence-corrected chi connectivity index (χ3v) is 4.06. The molecular formula is C16H20N2O. The third kappa shape index (κ3) is 2.62. The first-order valence-corrected chi connectivity index (χ1v) is 7.03. The average Bonchev–Trinajstić information content (AvgIpc) is 2.92. The van der Waals surface area contributed by atoms with E-state index >= 15 is 0 Å². The highest BCUT2D eigenvalue weighted by Gasteiger charge is 2.26. The van der Waals surface area contributed by atoms with E-state index in [1.165, 1.54) is 23.8 Å². The lowest BCUT2D eigenvalue weighted by Crippen LogP contribution is -2.25. The topological polar surface area (TPSA) is 48.1 Å². The summed E-state index contributed by atoms with van der Waals surface area (Å²) in [7, 11) is 0. The number of nitrogens with zero attached hydrogens (tertiary/aromatic N) is 1. The average molecular weight is 256 g/mol. The van der Waals surface area contributed by atoms with Gasteiger partial charge in [-0.3, -0.25) is 4.98 Å². The van der Waals surface area contributed by atoms with Gasteiger partial charge in [0.25, 0.3) is 0 Å². The maximum Gasteiger partial charge on any atom is 0.0757 e. The molecule has 19 heavy (non-hydrogen) atoms. The summed E-state index contributed by atoms with van der Waals surface area (Å²) in [6, 6.07) is 10.3. The second-order valence-electron chi connectivity index (χ2n) is 5.27. The number of fused-ring (bicyclic) bond motifs is 1. The van der Waals surface area contributed by atoms with Gasteiger partial charge in [-0.05, 0) is 31.4 Å². The van der Waals surface area contributed by atoms with E-state index in [2.05, 4.69) is 29.2 Å². The van der Waals surface area contributed by atoms with Crippen LogP contribution in [0.4, 0.5) is 0 Å². The van der Waals surface area contributed by atoms with E-state index in [9.17, 15) is 0 Å². The van der Waals surface area contributed by atoms with Crippen molar-refractivity contribution in [3.8, 4) is 0 Å². The van der Waals surface area contributed by atoms with E-state index in [1.54, 1.807) is 0 Å². The first kappa shape index (κ1) is 12.6. The molecule has 3 nitrogen and oxygen atoms in total. The van der Waals surface area contributed by atoms with Crippen LogP contribution in [0.5, 0.6) is 0 Å². The molecule has 0 aliphatic heterocycles. The molecule has 1 aliphatic rings. The van der Waals surface area contributed by atoms with E-state index < -0.39 is 0 Å². The number of pyridine rings is 1. The molecule has 0 bridgehead atoms. The third-order valence-electron chi connectivity index (χ3n) is 4.06. The van der Waals surface area contributed by atoms with Crippen molar-refractivity contribution >= 4 is 10.9 Å². The van der Waals surface area contributed by atoms with Crippen molar-refractivity contribution in [3.05, 3.63) is 42.1 Å². The highest BCUT2D eigenvalue weighted by Crippen LogP contribution is 2.28. The van der Waals surface area contributed by atoms with Crippen molar-refractivity contribution in [2.24, 2.45) is 11.7 Å². The summed E-state index contributed by atoms with van der Waals surface area (Å²) in [4.78, 5) is 4.46. The number of para-hydroxylation sites is 1. The normalized spacial score (nSPS) is 23.0. The lowest BCUT2D eigenvalue weighted by atomic mass is 10.1. The molecule has 1 aliphatic carbocycles. The smallest absolute Gasteiger partial charge is 0.0757 e. The number of hydrogen-bond donors (Lipinski definition) is 1. The standard InChI is InChI=1S/C16H20N2O/c17-10-13-5-2-8-15(13)19-11-14-6-1-4-12-7-3-9-18-16(12)14/h1,3-4,6-7,9,13,15H,2,5,8,10-11,17H2. The van der Waals surface area contributed by atoms with Gasteiger partial charge < -0.3 is 10.5 Å². The molecule has 3 heteroatoms. The summed E-state index contributed by atoms with van der Waals surface area (Å²) in [5.41, 5.74) is 8.01. The molecule has 2 aromatic rings. The quantitative estimate of drug-likeness (QED) is 0.915. The summed E-state index contributed by atoms with van der Waals surface area (Å²) in [6.45, 7) is 1.37. The number of nitrogens with two attached hydrogens (primary N) is 1. The fraction of sp³-hybridized carbons (Fsp3) is 0.438. The number of benzene rings is 1. The fourth-order valence-electron chi connectivity index (χ4n) is 2.97. The number of ether oxygens (including phenoxy) is 1. The largest absolute Gasteiger partial charge is 0.373 e. The van der Waals surface area contributed by atoms with Crippen LogP contribution in [-0.4, -0.2) is 17.6 Å². The van der Waals surface area contributed by atoms with Crippen molar-refractivity contribution in [1.29, 1.82) is 0 Å². The van der Waals surface area contributed by atoms with Gasteiger partial charge in [-0.15, -0.1) is 0 Å². The Morgan fingerprint density at radius 3 is 3.00 bits per heavy atom. The minimum absolute atomic E-state index is 0.323. The van der Waals surface area contributed by atoms with Gasteiger partial charge in [0.15, 0.2) is 0 Å². The Morgan fingerprint density at radius 2 is 2.11 bits per heavy atom. The fourth-order valence-corrected chi connectivity index (χ4v) is 2.97. The molecule has 1 saturated carbocycles. The predicted octanol–water partition coefficient (Wildman–Crippen LogP) is 2.88. The van der Waals surface area contributed by atoms with Crippen LogP contribution >= 0.6 is 0 Å². The second-order valence-corrected chi connectivity index (χ2v) is 5.27. The Labute approximate surface area is 113 Å². The van der Waals surface area contributed by atoms with Gasteiger partial charge in [0.2, 0.25) is 0 Å². The zero-order valence-electron chi connectivity index (χ0n) is 11.1. The Kier molecular flexibility index (Phi) is 3.76. The molecule has 1 aromatic carbocycles. The van der Waals surface area contributed by atoms with Gasteiger partial charge in [-0.25, -0.2) is 0 Å². The number of aromatic nitrogens is 1. The molecule has 2 N–H and O–H groups in total. The lowest BCUT2D eigenvalue weighted by molar-refractivity contribution is 0.0187. The van der Waals surface area contributed by atoms with E-state index in [1.807, 2.05) is 12.3 Å². The highest BCUT2D eigenvalue weighted by molar-refractivity contribution is 5.81. The van der Waals surface area contributed by atoms with Crippen LogP contribution < -0.4 is 5.73 Å². The van der Waals surface area contributed by atoms with Gasteiger partial charge >= 0.3 is 0 Å². The maximum absolute atomic E-state index is 6.08. The van der Waals surface area contributed by atoms with Gasteiger partial charge in [0, 0.05) is 17.1 Å². The van der Waals surface area contributed by atoms with Crippen LogP contribution in [0, 0.1) is 5.92 Å². The molecule has 1 aromatic heterocycles. The summed E-state index contributed by atoms with van der Waals surface area (Å²) in [5, 5.41) is 1.17. The minimum atomic E-state index is 0.323. The molecule has 0 radical (unpaired) electrons. The van der Waals surface area contributed by atoms with Crippen LogP contribution in [-0.2, 0) is 11.3 Å². The van der Waals surface area contributed by atoms with Gasteiger partial charge in [0.05, 0.1) is 18.2 Å². The minimum Gasteiger partial charge on any atom is -0.373 e. The van der Waals surface area contributed by atoms with E-state index in [-0.39, 0.29) is 0 Å². The lowest BCUT2D eigenvalue weighted by Gasteiger charge is -2.19. The first-order valence-electron chi connectivity index (χ1n) is 7.03. The van der Waals surface area contributed by atoms with Crippen molar-refractivity contribution in [1.82, 2.24) is 4.98 Å². The van der Waals surface area contributed by atoms with E-state index in [0.717, 1.165) is 18.5 Å². The van der Waals surface area contributed by atoms with E-state index in [0.29, 0.717) is 18.6 Å². The van der Waals surface area contributed by atoms with E-state index in [4.69, 9.17) is 10.5 Å². The monoisotopic (exact) mass is 256 g/mol. The number of rotatable bonds is 4. The van der Waals surface area contributed by atoms with Crippen LogP contribution in [0.1, 0.15) is 24.8 Å². The summed E-state index contributed by atoms with van der Waals surface area (Å²) >= 11 is 0. The van der Waals surface area contributed by atoms with Crippen LogP contribution in [0.2, 0.25) is 0 Å². The van der Waals surface area contributed by atoms with Crippen LogP contribution in [0.3, 0.4) is 0 Å². The van der Waals surface area contributed by atoms with Gasteiger partial charge in [-0.1, -0.05) is 30.7 Å². The van der Waals surface area contributed by atoms with Crippen molar-refractivity contribution < 1.29 is 4.74 Å². The van der Waals surface area contributed by atoms with Crippen molar-refractivity contribution in [2.45, 2.75) is 32.0 Å². The van der Waals surface area contributed by atoms with Crippen molar-refractivity contribution in [2.75, 3.05) is 6.54 Å². The Morgan fingerprint density at radius 1 is 1.21 bits per heavy atom. The summed E-state index contributed by atoms with van der Waals surface area (Å²) in [5.74, 6) is 0.530. The van der Waals surface area contributed by atoms with Crippen LogP contribution in [0.25, 0.3) is 10.9 Å². The molecule has 1 fully saturated rings. The second kappa shape index (κ2) is 5.68. The molecule has 1 heterocycles. The molecular weight excluding hydrogens is 236 g/mol. The van der Waals surface area contributed by atoms with Gasteiger partial charge in [0.1, 0.15) is 0 Å². The first-order chi connectivity index (χ1) is 9.38. The van der Waals surface area contributed by atoms with Crippen molar-refractivity contribution in [3.63, 3.8) is 0 Å². The van der Waals surface area contributed by atoms with Crippen LogP contribution in [0.15, 0.2) is 36.5 Å². The Balaban J connectivity index is 1.75. The molecule has 0 spiro atoms. The molecule has 2 unspecified atom stereocenters. The highest BCUT2D eigenvalue weighted by atomic mass is 16.5. The predicted molar refractivity (Wildman–Crippen MR) is 76.7 cm³/mol. The van der Waals surface area contributed by atoms with Gasteiger partial charge in [-0.2, -0.15) is 0 Å². The molecule has 3 rings (SSSR count). The molecule has 2 atom stereocenters. The number of hydrogen-bond acceptors (Lipinski definition) is 3. The zero-order valence-corrected chi connectivity index (χ0v) is 11.1. The zero-order chi connectivity index (χ0) is 13.1. The SMILES string of the molecule is NCC1CCCC1OCc1cccc2cccnc12. The maximum atomic E-state index is 6.08. The molecule has 100 valence electrons. The Bertz CT molecular complexity index is 550. The molecule has 0 saturated heterocycles. The molecule has 0 amide bonds. The summed E-state index contributed by atoms with van der Waals surface area (Å²) in [6.07, 6.45) is 5.74. The summed E-state index contributed by atoms with van der Waals surface area (Å²) < 4.78 is 6.08.